The van der Waals surface area contributed by atoms with Crippen LogP contribution in [0.25, 0.3) is 21.8 Å². The molecule has 0 spiro atoms. The van der Waals surface area contributed by atoms with E-state index in [1.165, 1.54) is 0 Å². The summed E-state index contributed by atoms with van der Waals surface area (Å²) in [4.78, 5) is 8.60. The summed E-state index contributed by atoms with van der Waals surface area (Å²) in [5.41, 5.74) is 19.9. The Hall–Kier alpha value is -4.20. The van der Waals surface area contributed by atoms with Crippen LogP contribution < -0.4 is 32.0 Å². The first kappa shape index (κ1) is 20.1. The number of aromatic nitrogens is 2. The number of nitrogens with zero attached hydrogens (tertiary/aromatic N) is 2. The van der Waals surface area contributed by atoms with Crippen LogP contribution in [0.4, 0.5) is 11.6 Å². The van der Waals surface area contributed by atoms with Gasteiger partial charge in [-0.2, -0.15) is 0 Å². The van der Waals surface area contributed by atoms with Gasteiger partial charge in [0.1, 0.15) is 36.3 Å². The molecule has 8 nitrogen and oxygen atoms in total. The Kier molecular flexibility index (Phi) is 5.89. The van der Waals surface area contributed by atoms with Crippen LogP contribution in [0, 0.1) is 0 Å². The highest BCUT2D eigenvalue weighted by atomic mass is 16.5. The third-order valence-corrected chi connectivity index (χ3v) is 4.58. The quantitative estimate of drug-likeness (QED) is 0.322. The maximum absolute atomic E-state index is 6.05. The molecular weight excluding hydrogens is 392 g/mol. The second-order valence-corrected chi connectivity index (χ2v) is 6.94. The van der Waals surface area contributed by atoms with Crippen molar-refractivity contribution >= 4 is 33.4 Å². The summed E-state index contributed by atoms with van der Waals surface area (Å²) in [6.45, 7) is 1.21. The Morgan fingerprint density at radius 2 is 1.39 bits per heavy atom. The van der Waals surface area contributed by atoms with Crippen LogP contribution in [0.5, 0.6) is 11.5 Å². The van der Waals surface area contributed by atoms with E-state index < -0.39 is 0 Å². The summed E-state index contributed by atoms with van der Waals surface area (Å²) in [6.07, 6.45) is 1.70. The Bertz CT molecular complexity index is 1240. The molecule has 0 aliphatic rings. The van der Waals surface area contributed by atoms with Gasteiger partial charge in [0.25, 0.3) is 0 Å². The number of para-hydroxylation sites is 2. The van der Waals surface area contributed by atoms with Crippen molar-refractivity contribution in [1.82, 2.24) is 15.3 Å². The number of anilines is 2. The summed E-state index contributed by atoms with van der Waals surface area (Å²) in [6, 6.07) is 18.8. The molecule has 158 valence electrons. The van der Waals surface area contributed by atoms with Crippen molar-refractivity contribution in [3.63, 3.8) is 0 Å². The summed E-state index contributed by atoms with van der Waals surface area (Å²) in [5, 5.41) is 4.93. The van der Waals surface area contributed by atoms with Crippen LogP contribution in [-0.4, -0.2) is 29.7 Å². The first-order chi connectivity index (χ1) is 15.1. The average Bonchev–Trinajstić information content (AvgIpc) is 2.77. The zero-order chi connectivity index (χ0) is 21.6. The molecule has 4 aromatic rings. The van der Waals surface area contributed by atoms with E-state index in [1.807, 2.05) is 48.5 Å². The number of benzene rings is 2. The van der Waals surface area contributed by atoms with Gasteiger partial charge < -0.3 is 32.0 Å². The van der Waals surface area contributed by atoms with Gasteiger partial charge in [0.15, 0.2) is 0 Å². The normalized spacial score (nSPS) is 11.5. The lowest BCUT2D eigenvalue weighted by Crippen LogP contribution is -2.19. The van der Waals surface area contributed by atoms with E-state index in [0.717, 1.165) is 21.8 Å². The maximum Gasteiger partial charge on any atom is 0.132 e. The minimum absolute atomic E-state index is 0.215. The van der Waals surface area contributed by atoms with Crippen LogP contribution in [0.3, 0.4) is 0 Å². The molecule has 2 aromatic heterocycles. The number of fused-ring (bicyclic) bond motifs is 2. The van der Waals surface area contributed by atoms with E-state index in [4.69, 9.17) is 26.7 Å². The highest BCUT2D eigenvalue weighted by Crippen LogP contribution is 2.27. The minimum atomic E-state index is 0.215. The van der Waals surface area contributed by atoms with Crippen LogP contribution in [0.15, 0.2) is 72.6 Å². The molecule has 2 aromatic carbocycles. The highest BCUT2D eigenvalue weighted by Gasteiger charge is 2.06. The molecule has 0 aliphatic heterocycles. The van der Waals surface area contributed by atoms with Crippen molar-refractivity contribution in [3.8, 4) is 11.5 Å². The Labute approximate surface area is 179 Å². The van der Waals surface area contributed by atoms with Gasteiger partial charge in [0.05, 0.1) is 16.7 Å². The summed E-state index contributed by atoms with van der Waals surface area (Å²) in [5.74, 6) is 2.17. The molecule has 0 radical (unpaired) electrons. The lowest BCUT2D eigenvalue weighted by Gasteiger charge is -2.11. The van der Waals surface area contributed by atoms with E-state index in [2.05, 4.69) is 15.3 Å². The summed E-state index contributed by atoms with van der Waals surface area (Å²) < 4.78 is 11.7. The molecule has 0 bridgehead atoms. The van der Waals surface area contributed by atoms with Crippen LogP contribution in [0.2, 0.25) is 0 Å². The minimum Gasteiger partial charge on any atom is -0.491 e. The van der Waals surface area contributed by atoms with E-state index in [9.17, 15) is 0 Å². The largest absolute Gasteiger partial charge is 0.491 e. The number of nitrogen functional groups attached to an aromatic ring is 2. The van der Waals surface area contributed by atoms with Gasteiger partial charge in [0.2, 0.25) is 0 Å². The number of rotatable bonds is 8. The summed E-state index contributed by atoms with van der Waals surface area (Å²) in [7, 11) is 0. The van der Waals surface area contributed by atoms with Crippen molar-refractivity contribution < 1.29 is 9.47 Å². The second-order valence-electron chi connectivity index (χ2n) is 6.94. The second kappa shape index (κ2) is 9.08. The molecule has 4 rings (SSSR count). The van der Waals surface area contributed by atoms with Gasteiger partial charge >= 0.3 is 0 Å². The third kappa shape index (κ3) is 4.87. The number of nitrogens with one attached hydrogen (secondary N) is 1. The Morgan fingerprint density at radius 1 is 0.839 bits per heavy atom. The zero-order valence-corrected chi connectivity index (χ0v) is 16.9. The first-order valence-electron chi connectivity index (χ1n) is 9.84. The summed E-state index contributed by atoms with van der Waals surface area (Å²) >= 11 is 0. The number of nitrogens with two attached hydrogens (primary N) is 3. The van der Waals surface area contributed by atoms with Gasteiger partial charge in [-0.15, -0.1) is 0 Å². The first-order valence-corrected chi connectivity index (χ1v) is 9.84. The molecule has 7 N–H and O–H groups in total. The molecule has 8 heteroatoms. The fourth-order valence-electron chi connectivity index (χ4n) is 3.19. The van der Waals surface area contributed by atoms with Crippen molar-refractivity contribution in [2.24, 2.45) is 5.73 Å². The number of hydrogen-bond acceptors (Lipinski definition) is 8. The maximum atomic E-state index is 6.05. The fourth-order valence-corrected chi connectivity index (χ4v) is 3.19. The van der Waals surface area contributed by atoms with Gasteiger partial charge in [-0.05, 0) is 24.3 Å². The van der Waals surface area contributed by atoms with Crippen molar-refractivity contribution in [1.29, 1.82) is 0 Å². The lowest BCUT2D eigenvalue weighted by atomic mass is 10.2. The van der Waals surface area contributed by atoms with Gasteiger partial charge in [-0.25, -0.2) is 9.97 Å². The van der Waals surface area contributed by atoms with Crippen LogP contribution >= 0.6 is 0 Å². The molecule has 0 amide bonds. The van der Waals surface area contributed by atoms with Crippen LogP contribution in [0.1, 0.15) is 0 Å². The number of pyridine rings is 2. The molecule has 0 atom stereocenters. The van der Waals surface area contributed by atoms with Crippen molar-refractivity contribution in [2.45, 2.75) is 0 Å². The van der Waals surface area contributed by atoms with Crippen molar-refractivity contribution in [3.05, 3.63) is 72.6 Å². The molecule has 2 heterocycles. The van der Waals surface area contributed by atoms with Gasteiger partial charge in [-0.3, -0.25) is 0 Å². The molecule has 0 saturated carbocycles. The molecular formula is C23H24N6O2. The molecule has 31 heavy (non-hydrogen) atoms. The van der Waals surface area contributed by atoms with E-state index >= 15 is 0 Å². The zero-order valence-electron chi connectivity index (χ0n) is 16.9. The average molecular weight is 416 g/mol. The van der Waals surface area contributed by atoms with E-state index in [1.54, 1.807) is 18.3 Å². The van der Waals surface area contributed by atoms with Gasteiger partial charge in [-0.1, -0.05) is 24.3 Å². The highest BCUT2D eigenvalue weighted by molar-refractivity contribution is 5.87. The standard InChI is InChI=1S/C23H24N6O2/c24-15(14-31-21-12-23(26)29-19-8-4-2-6-17(19)21)13-27-9-10-30-20-11-22(25)28-18-7-3-1-5-16(18)20/h1-8,11-13,27H,9-10,14,24H2,(H2,25,28)(H2,26,29)/b15-13-. The number of hydrogen-bond donors (Lipinski definition) is 4. The smallest absolute Gasteiger partial charge is 0.132 e. The molecule has 0 unspecified atom stereocenters. The Balaban J connectivity index is 1.30. The third-order valence-electron chi connectivity index (χ3n) is 4.58. The molecule has 0 fully saturated rings. The fraction of sp³-hybridized carbons (Fsp3) is 0.130. The molecule has 0 aliphatic carbocycles. The molecule has 0 saturated heterocycles. The van der Waals surface area contributed by atoms with E-state index in [-0.39, 0.29) is 6.61 Å². The lowest BCUT2D eigenvalue weighted by molar-refractivity contribution is 0.323. The van der Waals surface area contributed by atoms with Crippen molar-refractivity contribution in [2.75, 3.05) is 31.2 Å². The van der Waals surface area contributed by atoms with E-state index in [0.29, 0.717) is 42.0 Å². The number of ether oxygens (including phenoxy) is 2. The Morgan fingerprint density at radius 3 is 2.00 bits per heavy atom. The van der Waals surface area contributed by atoms with Gasteiger partial charge in [0, 0.05) is 35.6 Å². The predicted octanol–water partition coefficient (Wildman–Crippen LogP) is 2.79. The predicted molar refractivity (Wildman–Crippen MR) is 124 cm³/mol. The SMILES string of the molecule is N/C(=C\NCCOc1cc(N)nc2ccccc12)COc1cc(N)nc2ccccc12. The topological polar surface area (TPSA) is 134 Å². The van der Waals surface area contributed by atoms with Crippen LogP contribution in [-0.2, 0) is 0 Å². The monoisotopic (exact) mass is 416 g/mol.